The molecule has 1 rings (SSSR count). The van der Waals surface area contributed by atoms with Crippen molar-refractivity contribution in [2.45, 2.75) is 25.8 Å². The third-order valence-corrected chi connectivity index (χ3v) is 2.48. The zero-order valence-corrected chi connectivity index (χ0v) is 9.49. The second-order valence-corrected chi connectivity index (χ2v) is 3.92. The summed E-state index contributed by atoms with van der Waals surface area (Å²) < 4.78 is 0. The smallest absolute Gasteiger partial charge is 0.241 e. The summed E-state index contributed by atoms with van der Waals surface area (Å²) in [4.78, 5) is 13.0. The van der Waals surface area contributed by atoms with Gasteiger partial charge in [0.1, 0.15) is 0 Å². The van der Waals surface area contributed by atoms with Gasteiger partial charge >= 0.3 is 0 Å². The van der Waals surface area contributed by atoms with Gasteiger partial charge in [0.25, 0.3) is 0 Å². The summed E-state index contributed by atoms with van der Waals surface area (Å²) in [6, 6.07) is 0.536. The van der Waals surface area contributed by atoms with Gasteiger partial charge in [-0.25, -0.2) is 0 Å². The van der Waals surface area contributed by atoms with E-state index in [9.17, 15) is 4.79 Å². The Morgan fingerprint density at radius 3 is 2.71 bits per heavy atom. The van der Waals surface area contributed by atoms with Gasteiger partial charge in [0, 0.05) is 19.6 Å². The summed E-state index contributed by atoms with van der Waals surface area (Å²) in [5.41, 5.74) is 0. The standard InChI is InChI=1S/C9H17N3OS/c1-3-12(2)8(13)6-10-9(14)11-7-4-5-7/h7H,3-6H2,1-2H3,(H2,10,11,14). The highest BCUT2D eigenvalue weighted by atomic mass is 32.1. The van der Waals surface area contributed by atoms with Crippen molar-refractivity contribution in [3.05, 3.63) is 0 Å². The van der Waals surface area contributed by atoms with Crippen LogP contribution in [-0.2, 0) is 4.79 Å². The maximum absolute atomic E-state index is 11.4. The van der Waals surface area contributed by atoms with Crippen molar-refractivity contribution in [1.29, 1.82) is 0 Å². The van der Waals surface area contributed by atoms with Crippen molar-refractivity contribution >= 4 is 23.2 Å². The van der Waals surface area contributed by atoms with Crippen molar-refractivity contribution in [1.82, 2.24) is 15.5 Å². The lowest BCUT2D eigenvalue weighted by atomic mass is 10.5. The van der Waals surface area contributed by atoms with E-state index in [1.807, 2.05) is 6.92 Å². The Morgan fingerprint density at radius 1 is 1.57 bits per heavy atom. The molecule has 4 nitrogen and oxygen atoms in total. The molecule has 0 spiro atoms. The van der Waals surface area contributed by atoms with Crippen LogP contribution < -0.4 is 10.6 Å². The molecular formula is C9H17N3OS. The van der Waals surface area contributed by atoms with Crippen LogP contribution in [-0.4, -0.2) is 42.1 Å². The Bertz CT molecular complexity index is 228. The molecule has 1 amide bonds. The van der Waals surface area contributed by atoms with Crippen LogP contribution in [0.4, 0.5) is 0 Å². The molecule has 14 heavy (non-hydrogen) atoms. The molecule has 1 aliphatic rings. The number of hydrogen-bond donors (Lipinski definition) is 2. The quantitative estimate of drug-likeness (QED) is 0.653. The molecule has 0 aliphatic heterocycles. The molecule has 0 radical (unpaired) electrons. The fourth-order valence-electron chi connectivity index (χ4n) is 0.931. The van der Waals surface area contributed by atoms with Crippen molar-refractivity contribution < 1.29 is 4.79 Å². The summed E-state index contributed by atoms with van der Waals surface area (Å²) >= 11 is 5.02. The minimum Gasteiger partial charge on any atom is -0.360 e. The highest BCUT2D eigenvalue weighted by Gasteiger charge is 2.21. The maximum atomic E-state index is 11.4. The molecule has 0 aromatic rings. The Balaban J connectivity index is 2.11. The first-order chi connectivity index (χ1) is 6.63. The number of carbonyl (C=O) groups is 1. The Labute approximate surface area is 90.0 Å². The molecule has 1 saturated carbocycles. The molecule has 1 aliphatic carbocycles. The van der Waals surface area contributed by atoms with Crippen LogP contribution >= 0.6 is 12.2 Å². The highest BCUT2D eigenvalue weighted by molar-refractivity contribution is 7.80. The predicted octanol–water partition coefficient (Wildman–Crippen LogP) is 0.0912. The molecule has 0 bridgehead atoms. The number of nitrogens with one attached hydrogen (secondary N) is 2. The number of carbonyl (C=O) groups excluding carboxylic acids is 1. The van der Waals surface area contributed by atoms with Gasteiger partial charge in [0.15, 0.2) is 5.11 Å². The van der Waals surface area contributed by atoms with E-state index in [1.165, 1.54) is 12.8 Å². The van der Waals surface area contributed by atoms with Gasteiger partial charge in [-0.1, -0.05) is 0 Å². The van der Waals surface area contributed by atoms with E-state index in [1.54, 1.807) is 11.9 Å². The second-order valence-electron chi connectivity index (χ2n) is 3.51. The molecule has 1 fully saturated rings. The maximum Gasteiger partial charge on any atom is 0.241 e. The first kappa shape index (κ1) is 11.2. The van der Waals surface area contributed by atoms with E-state index >= 15 is 0 Å². The van der Waals surface area contributed by atoms with E-state index < -0.39 is 0 Å². The minimum atomic E-state index is 0.0625. The molecule has 0 aromatic heterocycles. The van der Waals surface area contributed by atoms with E-state index in [2.05, 4.69) is 10.6 Å². The molecular weight excluding hydrogens is 198 g/mol. The van der Waals surface area contributed by atoms with Crippen LogP contribution in [0.15, 0.2) is 0 Å². The topological polar surface area (TPSA) is 44.4 Å². The zero-order valence-electron chi connectivity index (χ0n) is 8.67. The molecule has 80 valence electrons. The van der Waals surface area contributed by atoms with Crippen molar-refractivity contribution in [2.24, 2.45) is 0 Å². The van der Waals surface area contributed by atoms with Crippen LogP contribution in [0.25, 0.3) is 0 Å². The lowest BCUT2D eigenvalue weighted by Crippen LogP contribution is -2.43. The summed E-state index contributed by atoms with van der Waals surface area (Å²) in [6.07, 6.45) is 2.37. The highest BCUT2D eigenvalue weighted by Crippen LogP contribution is 2.18. The second kappa shape index (κ2) is 5.14. The third-order valence-electron chi connectivity index (χ3n) is 2.21. The van der Waals surface area contributed by atoms with Gasteiger partial charge in [-0.3, -0.25) is 4.79 Å². The van der Waals surface area contributed by atoms with Crippen LogP contribution in [0.3, 0.4) is 0 Å². The van der Waals surface area contributed by atoms with Crippen molar-refractivity contribution in [2.75, 3.05) is 20.1 Å². The Morgan fingerprint density at radius 2 is 2.21 bits per heavy atom. The number of thiocarbonyl (C=S) groups is 1. The molecule has 0 aromatic carbocycles. The normalized spacial score (nSPS) is 14.7. The van der Waals surface area contributed by atoms with Gasteiger partial charge in [-0.05, 0) is 32.0 Å². The lowest BCUT2D eigenvalue weighted by Gasteiger charge is -2.15. The van der Waals surface area contributed by atoms with Crippen molar-refractivity contribution in [3.8, 4) is 0 Å². The summed E-state index contributed by atoms with van der Waals surface area (Å²) in [7, 11) is 1.78. The number of hydrogen-bond acceptors (Lipinski definition) is 2. The molecule has 0 atom stereocenters. The molecule has 0 heterocycles. The predicted molar refractivity (Wildman–Crippen MR) is 60.1 cm³/mol. The Kier molecular flexibility index (Phi) is 4.13. The van der Waals surface area contributed by atoms with Gasteiger partial charge in [-0.15, -0.1) is 0 Å². The van der Waals surface area contributed by atoms with E-state index in [-0.39, 0.29) is 12.5 Å². The number of rotatable bonds is 4. The number of nitrogens with zero attached hydrogens (tertiary/aromatic N) is 1. The fraction of sp³-hybridized carbons (Fsp3) is 0.778. The molecule has 0 saturated heterocycles. The Hall–Kier alpha value is -0.840. The molecule has 2 N–H and O–H groups in total. The lowest BCUT2D eigenvalue weighted by molar-refractivity contribution is -0.128. The average Bonchev–Trinajstić information content (AvgIpc) is 2.96. The van der Waals surface area contributed by atoms with Gasteiger partial charge in [0.2, 0.25) is 5.91 Å². The fourth-order valence-corrected chi connectivity index (χ4v) is 1.17. The van der Waals surface area contributed by atoms with Gasteiger partial charge in [-0.2, -0.15) is 0 Å². The minimum absolute atomic E-state index is 0.0625. The van der Waals surface area contributed by atoms with Crippen LogP contribution in [0.2, 0.25) is 0 Å². The largest absolute Gasteiger partial charge is 0.360 e. The molecule has 5 heteroatoms. The summed E-state index contributed by atoms with van der Waals surface area (Å²) in [5.74, 6) is 0.0625. The van der Waals surface area contributed by atoms with E-state index in [4.69, 9.17) is 12.2 Å². The van der Waals surface area contributed by atoms with E-state index in [0.717, 1.165) is 6.54 Å². The summed E-state index contributed by atoms with van der Waals surface area (Å²) in [5, 5.41) is 6.60. The number of amides is 1. The van der Waals surface area contributed by atoms with Gasteiger partial charge in [0.05, 0.1) is 6.54 Å². The zero-order chi connectivity index (χ0) is 10.6. The number of likely N-dealkylation sites (N-methyl/N-ethyl adjacent to an activating group) is 1. The van der Waals surface area contributed by atoms with E-state index in [0.29, 0.717) is 11.2 Å². The first-order valence-corrected chi connectivity index (χ1v) is 5.32. The average molecular weight is 215 g/mol. The molecule has 0 unspecified atom stereocenters. The first-order valence-electron chi connectivity index (χ1n) is 4.91. The van der Waals surface area contributed by atoms with Gasteiger partial charge < -0.3 is 15.5 Å². The van der Waals surface area contributed by atoms with Crippen LogP contribution in [0.5, 0.6) is 0 Å². The monoisotopic (exact) mass is 215 g/mol. The van der Waals surface area contributed by atoms with Crippen molar-refractivity contribution in [3.63, 3.8) is 0 Å². The SMILES string of the molecule is CCN(C)C(=O)CNC(=S)NC1CC1. The van der Waals surface area contributed by atoms with Crippen LogP contribution in [0.1, 0.15) is 19.8 Å². The third kappa shape index (κ3) is 3.91. The summed E-state index contributed by atoms with van der Waals surface area (Å²) in [6.45, 7) is 2.95. The van der Waals surface area contributed by atoms with Crippen LogP contribution in [0, 0.1) is 0 Å².